The molecule has 0 spiro atoms. The number of ether oxygens (including phenoxy) is 1. The minimum atomic E-state index is -0.371. The zero-order chi connectivity index (χ0) is 15.5. The minimum Gasteiger partial charge on any atom is -0.492 e. The summed E-state index contributed by atoms with van der Waals surface area (Å²) in [5.41, 5.74) is 1.35. The number of halogens is 2. The molecule has 0 radical (unpaired) electrons. The molecule has 0 unspecified atom stereocenters. The van der Waals surface area contributed by atoms with Crippen LogP contribution in [0.1, 0.15) is 6.42 Å². The summed E-state index contributed by atoms with van der Waals surface area (Å²) in [6, 6.07) is 11.6. The van der Waals surface area contributed by atoms with E-state index >= 15 is 0 Å². The van der Waals surface area contributed by atoms with Crippen LogP contribution in [0.4, 0.5) is 4.39 Å². The van der Waals surface area contributed by atoms with E-state index in [-0.39, 0.29) is 11.6 Å². The summed E-state index contributed by atoms with van der Waals surface area (Å²) in [6.45, 7) is 0.908. The summed E-state index contributed by atoms with van der Waals surface area (Å²) in [6.07, 6.45) is 0.632. The minimum absolute atomic E-state index is 0.323. The fraction of sp³-hybridized carbons (Fsp3) is 0.188. The second-order valence-corrected chi connectivity index (χ2v) is 5.62. The fourth-order valence-electron chi connectivity index (χ4n) is 2.22. The first kappa shape index (κ1) is 14.8. The molecule has 1 aromatic heterocycles. The third-order valence-corrected chi connectivity index (χ3v) is 3.87. The SMILES string of the molecule is O=c1oc2ccccc2n1CCCOc1ccc(F)cc1Br. The summed E-state index contributed by atoms with van der Waals surface area (Å²) in [5, 5.41) is 0. The van der Waals surface area contributed by atoms with Crippen molar-refractivity contribution >= 4 is 27.0 Å². The summed E-state index contributed by atoms with van der Waals surface area (Å²) < 4.78 is 25.9. The topological polar surface area (TPSA) is 44.4 Å². The molecule has 0 fully saturated rings. The van der Waals surface area contributed by atoms with E-state index in [0.29, 0.717) is 35.4 Å². The van der Waals surface area contributed by atoms with Crippen LogP contribution in [0.5, 0.6) is 5.75 Å². The summed E-state index contributed by atoms with van der Waals surface area (Å²) in [7, 11) is 0. The van der Waals surface area contributed by atoms with Crippen molar-refractivity contribution in [2.45, 2.75) is 13.0 Å². The maximum absolute atomic E-state index is 13.0. The van der Waals surface area contributed by atoms with Crippen molar-refractivity contribution in [1.29, 1.82) is 0 Å². The van der Waals surface area contributed by atoms with E-state index in [1.165, 1.54) is 12.1 Å². The second kappa shape index (κ2) is 6.36. The molecule has 114 valence electrons. The third kappa shape index (κ3) is 3.06. The Bertz CT molecular complexity index is 856. The number of hydrogen-bond donors (Lipinski definition) is 0. The first-order valence-electron chi connectivity index (χ1n) is 6.81. The highest BCUT2D eigenvalue weighted by molar-refractivity contribution is 9.10. The van der Waals surface area contributed by atoms with Crippen molar-refractivity contribution in [3.8, 4) is 5.75 Å². The van der Waals surface area contributed by atoms with Gasteiger partial charge in [-0.1, -0.05) is 12.1 Å². The molecule has 6 heteroatoms. The molecule has 0 atom stereocenters. The lowest BCUT2D eigenvalue weighted by Gasteiger charge is -2.08. The molecule has 0 saturated heterocycles. The number of para-hydroxylation sites is 2. The Hall–Kier alpha value is -2.08. The highest BCUT2D eigenvalue weighted by Crippen LogP contribution is 2.25. The lowest BCUT2D eigenvalue weighted by Crippen LogP contribution is -2.15. The molecule has 4 nitrogen and oxygen atoms in total. The Labute approximate surface area is 134 Å². The highest BCUT2D eigenvalue weighted by atomic mass is 79.9. The summed E-state index contributed by atoms with van der Waals surface area (Å²) >= 11 is 3.25. The highest BCUT2D eigenvalue weighted by Gasteiger charge is 2.08. The van der Waals surface area contributed by atoms with Gasteiger partial charge in [0.1, 0.15) is 11.6 Å². The van der Waals surface area contributed by atoms with E-state index in [1.807, 2.05) is 18.2 Å². The Balaban J connectivity index is 1.63. The number of oxazole rings is 1. The van der Waals surface area contributed by atoms with Crippen LogP contribution in [0.2, 0.25) is 0 Å². The van der Waals surface area contributed by atoms with Crippen LogP contribution in [-0.4, -0.2) is 11.2 Å². The maximum Gasteiger partial charge on any atom is 0.419 e. The molecule has 0 saturated carbocycles. The number of aryl methyl sites for hydroxylation is 1. The first-order chi connectivity index (χ1) is 10.6. The molecule has 3 rings (SSSR count). The van der Waals surface area contributed by atoms with Gasteiger partial charge in [0.15, 0.2) is 5.58 Å². The van der Waals surface area contributed by atoms with Gasteiger partial charge in [-0.05, 0) is 52.7 Å². The Kier molecular flexibility index (Phi) is 4.29. The van der Waals surface area contributed by atoms with Crippen molar-refractivity contribution in [1.82, 2.24) is 4.57 Å². The largest absolute Gasteiger partial charge is 0.492 e. The van der Waals surface area contributed by atoms with Gasteiger partial charge >= 0.3 is 5.76 Å². The molecular weight excluding hydrogens is 353 g/mol. The van der Waals surface area contributed by atoms with Gasteiger partial charge in [0.25, 0.3) is 0 Å². The first-order valence-corrected chi connectivity index (χ1v) is 7.60. The number of fused-ring (bicyclic) bond motifs is 1. The molecule has 0 bridgehead atoms. The Morgan fingerprint density at radius 1 is 1.23 bits per heavy atom. The zero-order valence-electron chi connectivity index (χ0n) is 11.6. The summed E-state index contributed by atoms with van der Waals surface area (Å²) in [5.74, 6) is -0.120. The van der Waals surface area contributed by atoms with Crippen molar-refractivity contribution in [3.63, 3.8) is 0 Å². The lowest BCUT2D eigenvalue weighted by atomic mass is 10.3. The molecule has 0 aliphatic heterocycles. The number of benzene rings is 2. The Morgan fingerprint density at radius 2 is 2.05 bits per heavy atom. The van der Waals surface area contributed by atoms with Gasteiger partial charge in [-0.25, -0.2) is 9.18 Å². The van der Waals surface area contributed by atoms with Crippen LogP contribution in [0.3, 0.4) is 0 Å². The molecule has 0 amide bonds. The van der Waals surface area contributed by atoms with Gasteiger partial charge in [-0.2, -0.15) is 0 Å². The molecule has 0 N–H and O–H groups in total. The predicted molar refractivity (Wildman–Crippen MR) is 84.7 cm³/mol. The predicted octanol–water partition coefficient (Wildman–Crippen LogP) is 3.97. The van der Waals surface area contributed by atoms with E-state index in [0.717, 1.165) is 5.52 Å². The monoisotopic (exact) mass is 365 g/mol. The molecule has 3 aromatic rings. The van der Waals surface area contributed by atoms with Crippen LogP contribution in [-0.2, 0) is 6.54 Å². The van der Waals surface area contributed by atoms with E-state index < -0.39 is 0 Å². The van der Waals surface area contributed by atoms with Gasteiger partial charge in [0.2, 0.25) is 0 Å². The van der Waals surface area contributed by atoms with Crippen molar-refractivity contribution in [2.75, 3.05) is 6.61 Å². The van der Waals surface area contributed by atoms with Gasteiger partial charge in [0.05, 0.1) is 16.6 Å². The van der Waals surface area contributed by atoms with Crippen LogP contribution in [0.25, 0.3) is 11.1 Å². The smallest absolute Gasteiger partial charge is 0.419 e. The van der Waals surface area contributed by atoms with Crippen molar-refractivity contribution < 1.29 is 13.5 Å². The molecular formula is C16H13BrFNO3. The zero-order valence-corrected chi connectivity index (χ0v) is 13.2. The summed E-state index contributed by atoms with van der Waals surface area (Å²) in [4.78, 5) is 11.8. The normalized spacial score (nSPS) is 11.0. The number of nitrogens with zero attached hydrogens (tertiary/aromatic N) is 1. The van der Waals surface area contributed by atoms with E-state index in [4.69, 9.17) is 9.15 Å². The van der Waals surface area contributed by atoms with Gasteiger partial charge in [-0.3, -0.25) is 4.57 Å². The number of rotatable bonds is 5. The van der Waals surface area contributed by atoms with Crippen LogP contribution >= 0.6 is 15.9 Å². The van der Waals surface area contributed by atoms with Crippen LogP contribution in [0.15, 0.2) is 56.1 Å². The molecule has 1 heterocycles. The van der Waals surface area contributed by atoms with Gasteiger partial charge in [0, 0.05) is 6.54 Å². The van der Waals surface area contributed by atoms with Crippen LogP contribution in [0, 0.1) is 5.82 Å². The quantitative estimate of drug-likeness (QED) is 0.642. The van der Waals surface area contributed by atoms with E-state index in [9.17, 15) is 9.18 Å². The van der Waals surface area contributed by atoms with Crippen molar-refractivity contribution in [2.24, 2.45) is 0 Å². The average Bonchev–Trinajstić information content (AvgIpc) is 2.81. The van der Waals surface area contributed by atoms with Crippen LogP contribution < -0.4 is 10.5 Å². The van der Waals surface area contributed by atoms with E-state index in [2.05, 4.69) is 15.9 Å². The number of hydrogen-bond acceptors (Lipinski definition) is 3. The van der Waals surface area contributed by atoms with Gasteiger partial charge in [-0.15, -0.1) is 0 Å². The number of aromatic nitrogens is 1. The second-order valence-electron chi connectivity index (χ2n) is 4.76. The Morgan fingerprint density at radius 3 is 2.86 bits per heavy atom. The van der Waals surface area contributed by atoms with Gasteiger partial charge < -0.3 is 9.15 Å². The third-order valence-electron chi connectivity index (χ3n) is 3.25. The molecule has 0 aliphatic rings. The fourth-order valence-corrected chi connectivity index (χ4v) is 2.69. The lowest BCUT2D eigenvalue weighted by molar-refractivity contribution is 0.298. The molecule has 2 aromatic carbocycles. The maximum atomic E-state index is 13.0. The standard InChI is InChI=1S/C16H13BrFNO3/c17-12-10-11(18)6-7-14(12)21-9-3-8-19-13-4-1-2-5-15(13)22-16(19)20/h1-2,4-7,10H,3,8-9H2. The van der Waals surface area contributed by atoms with Crippen molar-refractivity contribution in [3.05, 3.63) is 63.3 Å². The van der Waals surface area contributed by atoms with E-state index in [1.54, 1.807) is 16.7 Å². The average molecular weight is 366 g/mol. The molecule has 0 aliphatic carbocycles. The molecule has 22 heavy (non-hydrogen) atoms.